The molecule has 0 spiro atoms. The molecule has 0 radical (unpaired) electrons. The number of aromatic amines is 1. The zero-order valence-corrected chi connectivity index (χ0v) is 5.91. The molecule has 0 amide bonds. The Labute approximate surface area is 60.3 Å². The van der Waals surface area contributed by atoms with Gasteiger partial charge in [-0.2, -0.15) is 0 Å². The van der Waals surface area contributed by atoms with E-state index in [2.05, 4.69) is 9.97 Å². The third-order valence-electron chi connectivity index (χ3n) is 1.10. The van der Waals surface area contributed by atoms with Crippen LogP contribution in [0.3, 0.4) is 0 Å². The van der Waals surface area contributed by atoms with E-state index in [0.717, 1.165) is 5.69 Å². The SMILES string of the molecule is CC=CC=Cc1cnc[nH]1. The summed E-state index contributed by atoms with van der Waals surface area (Å²) in [7, 11) is 0. The third-order valence-corrected chi connectivity index (χ3v) is 1.10. The first kappa shape index (κ1) is 6.81. The highest BCUT2D eigenvalue weighted by molar-refractivity contribution is 5.45. The van der Waals surface area contributed by atoms with E-state index in [-0.39, 0.29) is 0 Å². The lowest BCUT2D eigenvalue weighted by atomic mass is 10.4. The number of aromatic nitrogens is 2. The number of H-pyrrole nitrogens is 1. The first-order valence-electron chi connectivity index (χ1n) is 3.21. The zero-order chi connectivity index (χ0) is 7.23. The van der Waals surface area contributed by atoms with Gasteiger partial charge in [0.2, 0.25) is 0 Å². The monoisotopic (exact) mass is 134 g/mol. The Morgan fingerprint density at radius 1 is 1.50 bits per heavy atom. The molecule has 0 aliphatic rings. The van der Waals surface area contributed by atoms with Gasteiger partial charge in [-0.15, -0.1) is 0 Å². The van der Waals surface area contributed by atoms with Crippen molar-refractivity contribution in [2.75, 3.05) is 0 Å². The van der Waals surface area contributed by atoms with Gasteiger partial charge in [-0.1, -0.05) is 18.2 Å². The lowest BCUT2D eigenvalue weighted by Gasteiger charge is -1.78. The molecule has 10 heavy (non-hydrogen) atoms. The molecule has 52 valence electrons. The van der Waals surface area contributed by atoms with Crippen LogP contribution in [0, 0.1) is 0 Å². The summed E-state index contributed by atoms with van der Waals surface area (Å²) >= 11 is 0. The summed E-state index contributed by atoms with van der Waals surface area (Å²) in [6.07, 6.45) is 11.3. The second-order valence-electron chi connectivity index (χ2n) is 1.89. The van der Waals surface area contributed by atoms with Crippen molar-refractivity contribution < 1.29 is 0 Å². The number of allylic oxidation sites excluding steroid dienone is 3. The van der Waals surface area contributed by atoms with E-state index in [4.69, 9.17) is 0 Å². The van der Waals surface area contributed by atoms with Gasteiger partial charge < -0.3 is 4.98 Å². The molecule has 2 nitrogen and oxygen atoms in total. The van der Waals surface area contributed by atoms with Crippen molar-refractivity contribution in [1.82, 2.24) is 9.97 Å². The Hall–Kier alpha value is -1.31. The van der Waals surface area contributed by atoms with Gasteiger partial charge in [0.25, 0.3) is 0 Å². The highest BCUT2D eigenvalue weighted by Crippen LogP contribution is 1.93. The van der Waals surface area contributed by atoms with Crippen molar-refractivity contribution >= 4 is 6.08 Å². The molecule has 1 aromatic rings. The Morgan fingerprint density at radius 2 is 2.40 bits per heavy atom. The van der Waals surface area contributed by atoms with Crippen LogP contribution in [0.1, 0.15) is 12.6 Å². The normalized spacial score (nSPS) is 11.7. The Bertz CT molecular complexity index is 219. The predicted molar refractivity (Wildman–Crippen MR) is 42.4 cm³/mol. The van der Waals surface area contributed by atoms with Crippen LogP contribution < -0.4 is 0 Å². The maximum Gasteiger partial charge on any atom is 0.0924 e. The topological polar surface area (TPSA) is 28.7 Å². The highest BCUT2D eigenvalue weighted by Gasteiger charge is 1.80. The van der Waals surface area contributed by atoms with Crippen LogP contribution >= 0.6 is 0 Å². The standard InChI is InChI=1S/C8H10N2/c1-2-3-4-5-8-6-9-7-10-8/h2-7H,1H3,(H,9,10). The summed E-state index contributed by atoms with van der Waals surface area (Å²) in [5.41, 5.74) is 1.03. The molecule has 0 aliphatic carbocycles. The molecule has 0 atom stereocenters. The molecule has 0 aliphatic heterocycles. The molecule has 0 fully saturated rings. The van der Waals surface area contributed by atoms with Crippen molar-refractivity contribution in [3.05, 3.63) is 36.4 Å². The van der Waals surface area contributed by atoms with Crippen LogP contribution in [0.25, 0.3) is 6.08 Å². The lowest BCUT2D eigenvalue weighted by Crippen LogP contribution is -1.64. The van der Waals surface area contributed by atoms with Gasteiger partial charge in [0.15, 0.2) is 0 Å². The molecule has 0 unspecified atom stereocenters. The molecule has 0 saturated carbocycles. The summed E-state index contributed by atoms with van der Waals surface area (Å²) < 4.78 is 0. The van der Waals surface area contributed by atoms with Crippen molar-refractivity contribution in [1.29, 1.82) is 0 Å². The number of hydrogen-bond donors (Lipinski definition) is 1. The van der Waals surface area contributed by atoms with Gasteiger partial charge in [-0.25, -0.2) is 4.98 Å². The molecule has 1 aromatic heterocycles. The van der Waals surface area contributed by atoms with Crippen LogP contribution in [0.4, 0.5) is 0 Å². The Morgan fingerprint density at radius 3 is 3.00 bits per heavy atom. The minimum absolute atomic E-state index is 1.03. The summed E-state index contributed by atoms with van der Waals surface area (Å²) in [5.74, 6) is 0. The van der Waals surface area contributed by atoms with E-state index in [9.17, 15) is 0 Å². The van der Waals surface area contributed by atoms with Crippen LogP contribution in [0.5, 0.6) is 0 Å². The average molecular weight is 134 g/mol. The van der Waals surface area contributed by atoms with E-state index in [1.165, 1.54) is 0 Å². The Kier molecular flexibility index (Phi) is 2.49. The average Bonchev–Trinajstić information content (AvgIpc) is 2.41. The van der Waals surface area contributed by atoms with Gasteiger partial charge in [0.1, 0.15) is 0 Å². The van der Waals surface area contributed by atoms with E-state index in [1.54, 1.807) is 12.5 Å². The summed E-state index contributed by atoms with van der Waals surface area (Å²) in [5, 5.41) is 0. The van der Waals surface area contributed by atoms with E-state index in [0.29, 0.717) is 0 Å². The van der Waals surface area contributed by atoms with Gasteiger partial charge in [-0.3, -0.25) is 0 Å². The fourth-order valence-corrected chi connectivity index (χ4v) is 0.628. The smallest absolute Gasteiger partial charge is 0.0924 e. The molecular weight excluding hydrogens is 124 g/mol. The maximum atomic E-state index is 3.87. The molecule has 1 rings (SSSR count). The van der Waals surface area contributed by atoms with Crippen LogP contribution in [-0.2, 0) is 0 Å². The molecule has 0 bridgehead atoms. The maximum absolute atomic E-state index is 3.87. The first-order chi connectivity index (χ1) is 4.93. The van der Waals surface area contributed by atoms with E-state index in [1.807, 2.05) is 31.2 Å². The van der Waals surface area contributed by atoms with E-state index >= 15 is 0 Å². The van der Waals surface area contributed by atoms with Gasteiger partial charge in [0, 0.05) is 0 Å². The quantitative estimate of drug-likeness (QED) is 0.616. The van der Waals surface area contributed by atoms with Crippen molar-refractivity contribution in [2.24, 2.45) is 0 Å². The van der Waals surface area contributed by atoms with Gasteiger partial charge in [-0.05, 0) is 13.0 Å². The van der Waals surface area contributed by atoms with Crippen molar-refractivity contribution in [2.45, 2.75) is 6.92 Å². The number of nitrogens with zero attached hydrogens (tertiary/aromatic N) is 1. The van der Waals surface area contributed by atoms with Crippen molar-refractivity contribution in [3.63, 3.8) is 0 Å². The summed E-state index contributed by atoms with van der Waals surface area (Å²) in [4.78, 5) is 6.83. The third kappa shape index (κ3) is 1.90. The highest BCUT2D eigenvalue weighted by atomic mass is 14.8. The summed E-state index contributed by atoms with van der Waals surface area (Å²) in [6, 6.07) is 0. The van der Waals surface area contributed by atoms with Crippen LogP contribution in [-0.4, -0.2) is 9.97 Å². The molecular formula is C8H10N2. The fourth-order valence-electron chi connectivity index (χ4n) is 0.628. The zero-order valence-electron chi connectivity index (χ0n) is 5.91. The van der Waals surface area contributed by atoms with Crippen molar-refractivity contribution in [3.8, 4) is 0 Å². The van der Waals surface area contributed by atoms with Crippen LogP contribution in [0.15, 0.2) is 30.8 Å². The molecule has 0 saturated heterocycles. The largest absolute Gasteiger partial charge is 0.345 e. The molecule has 1 N–H and O–H groups in total. The molecule has 0 aromatic carbocycles. The molecule has 2 heteroatoms. The minimum atomic E-state index is 1.03. The van der Waals surface area contributed by atoms with Crippen LogP contribution in [0.2, 0.25) is 0 Å². The number of hydrogen-bond acceptors (Lipinski definition) is 1. The minimum Gasteiger partial charge on any atom is -0.345 e. The second kappa shape index (κ2) is 3.67. The molecule has 1 heterocycles. The number of nitrogens with one attached hydrogen (secondary N) is 1. The summed E-state index contributed by atoms with van der Waals surface area (Å²) in [6.45, 7) is 1.98. The second-order valence-corrected chi connectivity index (χ2v) is 1.89. The van der Waals surface area contributed by atoms with E-state index < -0.39 is 0 Å². The van der Waals surface area contributed by atoms with Gasteiger partial charge >= 0.3 is 0 Å². The first-order valence-corrected chi connectivity index (χ1v) is 3.21. The fraction of sp³-hybridized carbons (Fsp3) is 0.125. The lowest BCUT2D eigenvalue weighted by molar-refractivity contribution is 1.31. The number of imidazole rings is 1. The Balaban J connectivity index is 2.55. The predicted octanol–water partition coefficient (Wildman–Crippen LogP) is 2.00. The van der Waals surface area contributed by atoms with Gasteiger partial charge in [0.05, 0.1) is 18.2 Å². The number of rotatable bonds is 2.